The van der Waals surface area contributed by atoms with Crippen LogP contribution >= 0.6 is 11.6 Å². The molecule has 1 saturated carbocycles. The number of amides is 1. The second-order valence-corrected chi connectivity index (χ2v) is 5.03. The van der Waals surface area contributed by atoms with Crippen LogP contribution in [0.15, 0.2) is 18.2 Å². The van der Waals surface area contributed by atoms with E-state index in [-0.39, 0.29) is 12.5 Å². The van der Waals surface area contributed by atoms with E-state index in [1.807, 2.05) is 0 Å². The van der Waals surface area contributed by atoms with E-state index in [0.717, 1.165) is 6.54 Å². The van der Waals surface area contributed by atoms with E-state index in [1.165, 1.54) is 12.8 Å². The minimum atomic E-state index is -0.0938. The van der Waals surface area contributed by atoms with Crippen molar-refractivity contribution >= 4 is 17.5 Å². The van der Waals surface area contributed by atoms with Crippen LogP contribution in [0.2, 0.25) is 5.02 Å². The molecule has 1 aliphatic rings. The van der Waals surface area contributed by atoms with Gasteiger partial charge in [-0.3, -0.25) is 4.79 Å². The Hall–Kier alpha value is -1.50. The molecule has 1 amide bonds. The van der Waals surface area contributed by atoms with Gasteiger partial charge in [0, 0.05) is 24.1 Å². The number of halogens is 1. The lowest BCUT2D eigenvalue weighted by atomic mass is 10.1. The summed E-state index contributed by atoms with van der Waals surface area (Å²) in [5.74, 6) is 6.23. The third-order valence-electron chi connectivity index (χ3n) is 2.94. The van der Waals surface area contributed by atoms with Crippen LogP contribution in [0.25, 0.3) is 0 Å². The molecule has 0 aliphatic heterocycles. The highest BCUT2D eigenvalue weighted by molar-refractivity contribution is 6.32. The van der Waals surface area contributed by atoms with E-state index < -0.39 is 0 Å². The quantitative estimate of drug-likeness (QED) is 0.829. The number of benzene rings is 1. The summed E-state index contributed by atoms with van der Waals surface area (Å²) in [6.07, 6.45) is 2.83. The molecule has 0 aromatic heterocycles. The molecule has 1 aliphatic carbocycles. The van der Waals surface area contributed by atoms with Crippen LogP contribution in [0.1, 0.15) is 35.2 Å². The maximum atomic E-state index is 11.9. The van der Waals surface area contributed by atoms with Crippen molar-refractivity contribution in [2.24, 2.45) is 5.92 Å². The molecule has 2 N–H and O–H groups in total. The third kappa shape index (κ3) is 4.27. The van der Waals surface area contributed by atoms with E-state index in [2.05, 4.69) is 17.2 Å². The number of aliphatic hydroxyl groups excluding tert-OH is 1. The van der Waals surface area contributed by atoms with Crippen molar-refractivity contribution in [3.8, 4) is 11.8 Å². The number of carbonyl (C=O) groups is 1. The van der Waals surface area contributed by atoms with Crippen molar-refractivity contribution in [2.45, 2.75) is 19.3 Å². The van der Waals surface area contributed by atoms with Crippen LogP contribution in [-0.2, 0) is 0 Å². The molecule has 19 heavy (non-hydrogen) atoms. The number of aliphatic hydroxyl groups is 1. The summed E-state index contributed by atoms with van der Waals surface area (Å²) in [5.41, 5.74) is 1.23. The van der Waals surface area contributed by atoms with E-state index in [9.17, 15) is 4.79 Å². The summed E-state index contributed by atoms with van der Waals surface area (Å²) in [6.45, 7) is 0.779. The van der Waals surface area contributed by atoms with Crippen LogP contribution in [0.4, 0.5) is 0 Å². The molecule has 4 heteroatoms. The SMILES string of the molecule is O=C(NCC1CC1)c1ccc(C#CCCO)c(Cl)c1. The summed E-state index contributed by atoms with van der Waals surface area (Å²) in [7, 11) is 0. The lowest BCUT2D eigenvalue weighted by Gasteiger charge is -2.05. The first-order valence-electron chi connectivity index (χ1n) is 6.38. The van der Waals surface area contributed by atoms with Gasteiger partial charge in [0.25, 0.3) is 5.91 Å². The van der Waals surface area contributed by atoms with Crippen molar-refractivity contribution in [1.29, 1.82) is 0 Å². The Balaban J connectivity index is 2.00. The minimum Gasteiger partial charge on any atom is -0.395 e. The average molecular weight is 278 g/mol. The zero-order valence-electron chi connectivity index (χ0n) is 10.6. The van der Waals surface area contributed by atoms with Gasteiger partial charge in [-0.15, -0.1) is 0 Å². The van der Waals surface area contributed by atoms with Gasteiger partial charge in [0.1, 0.15) is 0 Å². The average Bonchev–Trinajstić information content (AvgIpc) is 3.22. The molecule has 0 unspecified atom stereocenters. The summed E-state index contributed by atoms with van der Waals surface area (Å²) in [6, 6.07) is 5.09. The number of rotatable bonds is 4. The minimum absolute atomic E-state index is 0.0340. The van der Waals surface area contributed by atoms with Crippen molar-refractivity contribution in [3.05, 3.63) is 34.3 Å². The summed E-state index contributed by atoms with van der Waals surface area (Å²) in [5, 5.41) is 12.0. The summed E-state index contributed by atoms with van der Waals surface area (Å²) in [4.78, 5) is 11.9. The predicted molar refractivity (Wildman–Crippen MR) is 75.1 cm³/mol. The van der Waals surface area contributed by atoms with Gasteiger partial charge in [-0.05, 0) is 37.0 Å². The highest BCUT2D eigenvalue weighted by Gasteiger charge is 2.21. The van der Waals surface area contributed by atoms with Crippen molar-refractivity contribution in [1.82, 2.24) is 5.32 Å². The fraction of sp³-hybridized carbons (Fsp3) is 0.400. The van der Waals surface area contributed by atoms with E-state index in [1.54, 1.807) is 18.2 Å². The zero-order valence-corrected chi connectivity index (χ0v) is 11.3. The maximum absolute atomic E-state index is 11.9. The van der Waals surface area contributed by atoms with Crippen molar-refractivity contribution < 1.29 is 9.90 Å². The standard InChI is InChI=1S/C15H16ClNO2/c16-14-9-13(15(19)17-10-11-4-5-11)7-6-12(14)3-1-2-8-18/h6-7,9,11,18H,2,4-5,8,10H2,(H,17,19). The molecule has 1 aromatic rings. The van der Waals surface area contributed by atoms with Crippen molar-refractivity contribution in [3.63, 3.8) is 0 Å². The van der Waals surface area contributed by atoms with Gasteiger partial charge >= 0.3 is 0 Å². The van der Waals surface area contributed by atoms with Crippen LogP contribution in [0.3, 0.4) is 0 Å². The third-order valence-corrected chi connectivity index (χ3v) is 3.25. The number of carbonyl (C=O) groups excluding carboxylic acids is 1. The van der Waals surface area contributed by atoms with E-state index >= 15 is 0 Å². The Morgan fingerprint density at radius 1 is 1.47 bits per heavy atom. The fourth-order valence-electron chi connectivity index (χ4n) is 1.63. The molecule has 0 radical (unpaired) electrons. The Kier molecular flexibility index (Phi) is 4.84. The Morgan fingerprint density at radius 2 is 2.26 bits per heavy atom. The molecule has 1 fully saturated rings. The monoisotopic (exact) mass is 277 g/mol. The highest BCUT2D eigenvalue weighted by atomic mass is 35.5. The van der Waals surface area contributed by atoms with Gasteiger partial charge in [0.05, 0.1) is 11.6 Å². The van der Waals surface area contributed by atoms with Crippen LogP contribution in [-0.4, -0.2) is 24.2 Å². The second-order valence-electron chi connectivity index (χ2n) is 4.62. The van der Waals surface area contributed by atoms with Gasteiger partial charge in [0.2, 0.25) is 0 Å². The highest BCUT2D eigenvalue weighted by Crippen LogP contribution is 2.27. The van der Waals surface area contributed by atoms with Crippen LogP contribution in [0.5, 0.6) is 0 Å². The van der Waals surface area contributed by atoms with Gasteiger partial charge < -0.3 is 10.4 Å². The number of hydrogen-bond acceptors (Lipinski definition) is 2. The second kappa shape index (κ2) is 6.60. The largest absolute Gasteiger partial charge is 0.395 e. The normalized spacial score (nSPS) is 13.6. The van der Waals surface area contributed by atoms with Gasteiger partial charge in [-0.25, -0.2) is 0 Å². The predicted octanol–water partition coefficient (Wildman–Crippen LogP) is 2.21. The van der Waals surface area contributed by atoms with E-state index in [4.69, 9.17) is 16.7 Å². The van der Waals surface area contributed by atoms with Gasteiger partial charge in [-0.2, -0.15) is 0 Å². The number of nitrogens with one attached hydrogen (secondary N) is 1. The molecule has 0 saturated heterocycles. The first-order valence-corrected chi connectivity index (χ1v) is 6.76. The van der Waals surface area contributed by atoms with Gasteiger partial charge in [0.15, 0.2) is 0 Å². The Bertz CT molecular complexity index is 527. The van der Waals surface area contributed by atoms with Gasteiger partial charge in [-0.1, -0.05) is 23.4 Å². The van der Waals surface area contributed by atoms with Crippen LogP contribution in [0, 0.1) is 17.8 Å². The van der Waals surface area contributed by atoms with Crippen molar-refractivity contribution in [2.75, 3.05) is 13.2 Å². The molecule has 0 bridgehead atoms. The fourth-order valence-corrected chi connectivity index (χ4v) is 1.86. The maximum Gasteiger partial charge on any atom is 0.251 e. The molecule has 2 rings (SSSR count). The zero-order chi connectivity index (χ0) is 13.7. The molecule has 100 valence electrons. The Labute approximate surface area is 118 Å². The molecule has 0 heterocycles. The first-order chi connectivity index (χ1) is 9.20. The lowest BCUT2D eigenvalue weighted by molar-refractivity contribution is 0.0952. The molecular formula is C15H16ClNO2. The molecule has 0 atom stereocenters. The first kappa shape index (κ1) is 13.9. The molecule has 3 nitrogen and oxygen atoms in total. The number of hydrogen-bond donors (Lipinski definition) is 2. The van der Waals surface area contributed by atoms with Crippen LogP contribution < -0.4 is 5.32 Å². The lowest BCUT2D eigenvalue weighted by Crippen LogP contribution is -2.25. The molecule has 0 spiro atoms. The topological polar surface area (TPSA) is 49.3 Å². The summed E-state index contributed by atoms with van der Waals surface area (Å²) < 4.78 is 0. The Morgan fingerprint density at radius 3 is 2.89 bits per heavy atom. The molecule has 1 aromatic carbocycles. The smallest absolute Gasteiger partial charge is 0.251 e. The molecular weight excluding hydrogens is 262 g/mol. The summed E-state index contributed by atoms with van der Waals surface area (Å²) >= 11 is 6.08. The van der Waals surface area contributed by atoms with E-state index in [0.29, 0.717) is 28.5 Å².